The number of hydrogen-bond acceptors (Lipinski definition) is 7. The molecule has 0 spiro atoms. The summed E-state index contributed by atoms with van der Waals surface area (Å²) in [5, 5.41) is 14.4. The molecule has 0 radical (unpaired) electrons. The Hall–Kier alpha value is -3.41. The van der Waals surface area contributed by atoms with E-state index < -0.39 is 5.91 Å². The zero-order chi connectivity index (χ0) is 19.9. The number of thiocarbonyl (C=S) groups is 1. The van der Waals surface area contributed by atoms with E-state index in [1.54, 1.807) is 53.9 Å². The summed E-state index contributed by atoms with van der Waals surface area (Å²) in [5.74, 6) is 4.42. The maximum Gasteiger partial charge on any atom is 0.277 e. The van der Waals surface area contributed by atoms with E-state index in [0.717, 1.165) is 17.2 Å². The monoisotopic (exact) mass is 413 g/mol. The molecule has 0 saturated carbocycles. The first-order chi connectivity index (χ1) is 13.5. The Morgan fingerprint density at radius 2 is 1.61 bits per heavy atom. The molecular weight excluding hydrogens is 398 g/mol. The van der Waals surface area contributed by atoms with E-state index in [9.17, 15) is 9.59 Å². The number of hydrazine groups is 1. The molecule has 11 heteroatoms. The van der Waals surface area contributed by atoms with Gasteiger partial charge >= 0.3 is 0 Å². The minimum Gasteiger partial charge on any atom is -0.332 e. The summed E-state index contributed by atoms with van der Waals surface area (Å²) in [6.45, 7) is 0. The highest BCUT2D eigenvalue weighted by molar-refractivity contribution is 7.80. The largest absolute Gasteiger partial charge is 0.332 e. The van der Waals surface area contributed by atoms with Gasteiger partial charge in [-0.3, -0.25) is 15.0 Å². The highest BCUT2D eigenvalue weighted by Crippen LogP contribution is 2.16. The fraction of sp³-hybridized carbons (Fsp3) is 0. The summed E-state index contributed by atoms with van der Waals surface area (Å²) >= 11 is 6.39. The SMILES string of the molecule is NNC(=O)c1cccc(NC(=S)Nc2ccc(NC(=O)c3csnn3)cc2)c1. The number of nitrogens with zero attached hydrogens (tertiary/aromatic N) is 2. The maximum atomic E-state index is 11.9. The molecule has 2 aromatic carbocycles. The van der Waals surface area contributed by atoms with Gasteiger partial charge in [0.05, 0.1) is 0 Å². The number of nitrogen functional groups attached to an aromatic ring is 1. The molecule has 0 saturated heterocycles. The lowest BCUT2D eigenvalue weighted by Gasteiger charge is -2.12. The van der Waals surface area contributed by atoms with E-state index >= 15 is 0 Å². The molecule has 0 unspecified atom stereocenters. The second-order valence-corrected chi connectivity index (χ2v) is 6.47. The number of carbonyl (C=O) groups excluding carboxylic acids is 2. The van der Waals surface area contributed by atoms with E-state index in [1.807, 2.05) is 0 Å². The van der Waals surface area contributed by atoms with Gasteiger partial charge in [0, 0.05) is 28.0 Å². The van der Waals surface area contributed by atoms with Crippen LogP contribution in [0.2, 0.25) is 0 Å². The third-order valence-corrected chi connectivity index (χ3v) is 4.22. The number of carbonyl (C=O) groups is 2. The van der Waals surface area contributed by atoms with Crippen LogP contribution in [0.25, 0.3) is 0 Å². The molecule has 142 valence electrons. The molecule has 0 bridgehead atoms. The lowest BCUT2D eigenvalue weighted by molar-refractivity contribution is 0.0952. The van der Waals surface area contributed by atoms with Gasteiger partial charge in [-0.2, -0.15) is 0 Å². The number of rotatable bonds is 5. The first-order valence-corrected chi connectivity index (χ1v) is 9.17. The number of aromatic nitrogens is 2. The highest BCUT2D eigenvalue weighted by atomic mass is 32.1. The number of anilines is 3. The van der Waals surface area contributed by atoms with Gasteiger partial charge in [0.2, 0.25) is 0 Å². The Kier molecular flexibility index (Phi) is 6.22. The molecule has 9 nitrogen and oxygen atoms in total. The summed E-state index contributed by atoms with van der Waals surface area (Å²) in [4.78, 5) is 23.5. The van der Waals surface area contributed by atoms with Crippen LogP contribution in [0.5, 0.6) is 0 Å². The van der Waals surface area contributed by atoms with Gasteiger partial charge in [0.25, 0.3) is 11.8 Å². The highest BCUT2D eigenvalue weighted by Gasteiger charge is 2.09. The standard InChI is InChI=1S/C17H15N7O2S2/c18-22-15(25)10-2-1-3-13(8-10)21-17(27)20-12-6-4-11(5-7-12)19-16(26)14-9-28-24-23-14/h1-9H,18H2,(H,19,26)(H,22,25)(H2,20,21,27). The van der Waals surface area contributed by atoms with Crippen LogP contribution in [0.15, 0.2) is 53.9 Å². The summed E-state index contributed by atoms with van der Waals surface area (Å²) in [7, 11) is 0. The van der Waals surface area contributed by atoms with Crippen molar-refractivity contribution in [3.63, 3.8) is 0 Å². The fourth-order valence-corrected chi connectivity index (χ4v) is 2.88. The smallest absolute Gasteiger partial charge is 0.277 e. The Labute approximate surface area is 169 Å². The molecule has 0 fully saturated rings. The van der Waals surface area contributed by atoms with Crippen molar-refractivity contribution in [1.82, 2.24) is 15.0 Å². The van der Waals surface area contributed by atoms with Crippen molar-refractivity contribution in [1.29, 1.82) is 0 Å². The van der Waals surface area contributed by atoms with Crippen molar-refractivity contribution < 1.29 is 9.59 Å². The molecule has 0 aliphatic carbocycles. The second-order valence-electron chi connectivity index (χ2n) is 5.46. The van der Waals surface area contributed by atoms with Crippen LogP contribution >= 0.6 is 23.8 Å². The summed E-state index contributed by atoms with van der Waals surface area (Å²) in [5.41, 5.74) is 4.73. The minimum absolute atomic E-state index is 0.267. The number of nitrogens with one attached hydrogen (secondary N) is 4. The molecule has 2 amide bonds. The number of benzene rings is 2. The number of amides is 2. The predicted molar refractivity (Wildman–Crippen MR) is 112 cm³/mol. The Bertz CT molecular complexity index is 991. The molecule has 3 aromatic rings. The van der Waals surface area contributed by atoms with E-state index in [0.29, 0.717) is 22.1 Å². The van der Waals surface area contributed by atoms with Gasteiger partial charge in [-0.15, -0.1) is 5.10 Å². The van der Waals surface area contributed by atoms with Crippen LogP contribution < -0.4 is 27.2 Å². The zero-order valence-electron chi connectivity index (χ0n) is 14.3. The first-order valence-electron chi connectivity index (χ1n) is 7.92. The van der Waals surface area contributed by atoms with Crippen molar-refractivity contribution in [2.24, 2.45) is 5.84 Å². The summed E-state index contributed by atoms with van der Waals surface area (Å²) in [6.07, 6.45) is 0. The summed E-state index contributed by atoms with van der Waals surface area (Å²) < 4.78 is 3.66. The van der Waals surface area contributed by atoms with Gasteiger partial charge in [0.15, 0.2) is 10.8 Å². The van der Waals surface area contributed by atoms with Gasteiger partial charge in [0.1, 0.15) is 0 Å². The van der Waals surface area contributed by atoms with Gasteiger partial charge < -0.3 is 16.0 Å². The average Bonchev–Trinajstić information content (AvgIpc) is 3.24. The van der Waals surface area contributed by atoms with Crippen LogP contribution in [-0.4, -0.2) is 26.5 Å². The van der Waals surface area contributed by atoms with E-state index in [-0.39, 0.29) is 11.6 Å². The first kappa shape index (κ1) is 19.4. The Morgan fingerprint density at radius 3 is 2.25 bits per heavy atom. The van der Waals surface area contributed by atoms with Crippen LogP contribution in [0.4, 0.5) is 17.1 Å². The Balaban J connectivity index is 1.57. The van der Waals surface area contributed by atoms with Crippen molar-refractivity contribution >= 4 is 57.7 Å². The van der Waals surface area contributed by atoms with Crippen LogP contribution in [0.1, 0.15) is 20.8 Å². The molecule has 1 heterocycles. The summed E-state index contributed by atoms with van der Waals surface area (Å²) in [6, 6.07) is 13.7. The van der Waals surface area contributed by atoms with Gasteiger partial charge in [-0.05, 0) is 66.2 Å². The molecule has 1 aromatic heterocycles. The average molecular weight is 413 g/mol. The topological polar surface area (TPSA) is 134 Å². The van der Waals surface area contributed by atoms with E-state index in [4.69, 9.17) is 18.1 Å². The van der Waals surface area contributed by atoms with Crippen molar-refractivity contribution in [2.45, 2.75) is 0 Å². The third kappa shape index (κ3) is 5.07. The molecule has 3 rings (SSSR count). The Morgan fingerprint density at radius 1 is 0.929 bits per heavy atom. The second kappa shape index (κ2) is 8.99. The quantitative estimate of drug-likeness (QED) is 0.186. The maximum absolute atomic E-state index is 11.9. The lowest BCUT2D eigenvalue weighted by atomic mass is 10.2. The van der Waals surface area contributed by atoms with Gasteiger partial charge in [-0.25, -0.2) is 5.84 Å². The van der Waals surface area contributed by atoms with E-state index in [2.05, 4.69) is 31.0 Å². The van der Waals surface area contributed by atoms with Crippen LogP contribution in [0.3, 0.4) is 0 Å². The van der Waals surface area contributed by atoms with Crippen molar-refractivity contribution in [3.8, 4) is 0 Å². The molecule has 0 aliphatic rings. The van der Waals surface area contributed by atoms with Crippen molar-refractivity contribution in [2.75, 3.05) is 16.0 Å². The minimum atomic E-state index is -0.395. The lowest BCUT2D eigenvalue weighted by Crippen LogP contribution is -2.30. The van der Waals surface area contributed by atoms with Crippen LogP contribution in [-0.2, 0) is 0 Å². The fourth-order valence-electron chi connectivity index (χ4n) is 2.21. The zero-order valence-corrected chi connectivity index (χ0v) is 15.9. The number of hydrogen-bond donors (Lipinski definition) is 5. The predicted octanol–water partition coefficient (Wildman–Crippen LogP) is 2.20. The molecular formula is C17H15N7O2S2. The molecule has 0 atom stereocenters. The van der Waals surface area contributed by atoms with Gasteiger partial charge in [-0.1, -0.05) is 10.6 Å². The van der Waals surface area contributed by atoms with Crippen molar-refractivity contribution in [3.05, 3.63) is 65.2 Å². The van der Waals surface area contributed by atoms with E-state index in [1.165, 1.54) is 0 Å². The third-order valence-electron chi connectivity index (χ3n) is 3.51. The molecule has 6 N–H and O–H groups in total. The molecule has 0 aliphatic heterocycles. The number of nitrogens with two attached hydrogens (primary N) is 1. The van der Waals surface area contributed by atoms with Crippen LogP contribution in [0, 0.1) is 0 Å². The normalized spacial score (nSPS) is 10.0. The molecule has 28 heavy (non-hydrogen) atoms.